The van der Waals surface area contributed by atoms with E-state index in [2.05, 4.69) is 90.1 Å². The molecule has 86 valence electrons. The number of benzene rings is 2. The summed E-state index contributed by atoms with van der Waals surface area (Å²) in [4.78, 5) is 0. The van der Waals surface area contributed by atoms with E-state index < -0.39 is 8.07 Å². The summed E-state index contributed by atoms with van der Waals surface area (Å²) >= 11 is 2.39. The number of rotatable bonds is 0. The van der Waals surface area contributed by atoms with Gasteiger partial charge in [0.2, 0.25) is 0 Å². The highest BCUT2D eigenvalue weighted by Crippen LogP contribution is 2.23. The normalized spacial score (nSPS) is 11.1. The van der Waals surface area contributed by atoms with E-state index in [4.69, 9.17) is 0 Å². The molecular formula is C15H15ISi. The fourth-order valence-corrected chi connectivity index (χ4v) is 2.97. The highest BCUT2D eigenvalue weighted by atomic mass is 127. The number of hydrogen-bond acceptors (Lipinski definition) is 0. The van der Waals surface area contributed by atoms with Gasteiger partial charge in [0.1, 0.15) is 8.07 Å². The van der Waals surface area contributed by atoms with E-state index in [1.807, 2.05) is 0 Å². The van der Waals surface area contributed by atoms with Crippen LogP contribution in [0.25, 0.3) is 10.8 Å². The second-order valence-electron chi connectivity index (χ2n) is 5.14. The lowest BCUT2D eigenvalue weighted by Gasteiger charge is -2.06. The summed E-state index contributed by atoms with van der Waals surface area (Å²) in [7, 11) is -1.31. The van der Waals surface area contributed by atoms with Crippen molar-refractivity contribution in [2.75, 3.05) is 0 Å². The van der Waals surface area contributed by atoms with Crippen LogP contribution >= 0.6 is 22.6 Å². The van der Waals surface area contributed by atoms with Crippen molar-refractivity contribution in [1.82, 2.24) is 0 Å². The summed E-state index contributed by atoms with van der Waals surface area (Å²) in [6, 6.07) is 12.8. The van der Waals surface area contributed by atoms with Crippen molar-refractivity contribution in [2.24, 2.45) is 0 Å². The van der Waals surface area contributed by atoms with Crippen LogP contribution in [-0.4, -0.2) is 8.07 Å². The first-order chi connectivity index (χ1) is 7.97. The molecular weight excluding hydrogens is 335 g/mol. The second-order valence-corrected chi connectivity index (χ2v) is 11.1. The third-order valence-corrected chi connectivity index (χ3v) is 4.20. The fourth-order valence-electron chi connectivity index (χ4n) is 1.65. The minimum atomic E-state index is -1.31. The summed E-state index contributed by atoms with van der Waals surface area (Å²) < 4.78 is 1.28. The molecule has 0 aromatic heterocycles. The zero-order valence-electron chi connectivity index (χ0n) is 10.3. The molecule has 2 aromatic carbocycles. The van der Waals surface area contributed by atoms with Crippen LogP contribution in [0, 0.1) is 15.0 Å². The molecule has 0 bridgehead atoms. The molecule has 0 aliphatic heterocycles. The van der Waals surface area contributed by atoms with Crippen molar-refractivity contribution in [3.63, 3.8) is 0 Å². The fraction of sp³-hybridized carbons (Fsp3) is 0.200. The van der Waals surface area contributed by atoms with Gasteiger partial charge in [0.05, 0.1) is 0 Å². The van der Waals surface area contributed by atoms with Gasteiger partial charge in [-0.05, 0) is 40.1 Å². The van der Waals surface area contributed by atoms with E-state index in [1.54, 1.807) is 0 Å². The van der Waals surface area contributed by atoms with Crippen molar-refractivity contribution in [2.45, 2.75) is 19.6 Å². The van der Waals surface area contributed by atoms with E-state index in [0.717, 1.165) is 5.56 Å². The molecule has 0 radical (unpaired) electrons. The Morgan fingerprint density at radius 1 is 1.00 bits per heavy atom. The van der Waals surface area contributed by atoms with Crippen LogP contribution in [0.5, 0.6) is 0 Å². The van der Waals surface area contributed by atoms with Crippen molar-refractivity contribution >= 4 is 41.4 Å². The molecule has 0 atom stereocenters. The Kier molecular flexibility index (Phi) is 3.60. The van der Waals surface area contributed by atoms with Crippen LogP contribution in [0.1, 0.15) is 5.56 Å². The Morgan fingerprint density at radius 2 is 1.65 bits per heavy atom. The van der Waals surface area contributed by atoms with Crippen molar-refractivity contribution in [1.29, 1.82) is 0 Å². The number of halogens is 1. The molecule has 0 nitrogen and oxygen atoms in total. The summed E-state index contributed by atoms with van der Waals surface area (Å²) in [6.07, 6.45) is 0. The molecule has 0 heterocycles. The maximum Gasteiger partial charge on any atom is 0.129 e. The maximum absolute atomic E-state index is 3.44. The average Bonchev–Trinajstić information content (AvgIpc) is 2.25. The standard InChI is InChI=1S/C15H15ISi/c1-17(2,3)11-10-13-7-4-6-12-8-5-9-14(16)15(12)13/h4-9H,1-3H3. The molecule has 0 fully saturated rings. The molecule has 0 spiro atoms. The molecule has 0 amide bonds. The smallest absolute Gasteiger partial charge is 0.127 e. The minimum Gasteiger partial charge on any atom is -0.127 e. The Hall–Kier alpha value is -0.793. The molecule has 0 aliphatic rings. The monoisotopic (exact) mass is 350 g/mol. The highest BCUT2D eigenvalue weighted by molar-refractivity contribution is 14.1. The van der Waals surface area contributed by atoms with Crippen LogP contribution in [0.2, 0.25) is 19.6 Å². The Bertz CT molecular complexity index is 607. The molecule has 0 aliphatic carbocycles. The van der Waals surface area contributed by atoms with Gasteiger partial charge in [0, 0.05) is 14.5 Å². The van der Waals surface area contributed by atoms with Gasteiger partial charge in [-0.15, -0.1) is 5.54 Å². The van der Waals surface area contributed by atoms with Gasteiger partial charge < -0.3 is 0 Å². The van der Waals surface area contributed by atoms with E-state index in [1.165, 1.54) is 14.3 Å². The van der Waals surface area contributed by atoms with Gasteiger partial charge in [-0.25, -0.2) is 0 Å². The van der Waals surface area contributed by atoms with Crippen molar-refractivity contribution in [3.8, 4) is 11.5 Å². The van der Waals surface area contributed by atoms with Crippen molar-refractivity contribution < 1.29 is 0 Å². The molecule has 2 rings (SSSR count). The summed E-state index contributed by atoms with van der Waals surface area (Å²) in [5, 5.41) is 2.57. The van der Waals surface area contributed by atoms with Gasteiger partial charge in [-0.1, -0.05) is 49.8 Å². The average molecular weight is 350 g/mol. The molecule has 0 saturated carbocycles. The van der Waals surface area contributed by atoms with E-state index in [9.17, 15) is 0 Å². The molecule has 2 aromatic rings. The van der Waals surface area contributed by atoms with E-state index >= 15 is 0 Å². The Labute approximate surface area is 118 Å². The minimum absolute atomic E-state index is 1.16. The zero-order valence-corrected chi connectivity index (χ0v) is 13.5. The summed E-state index contributed by atoms with van der Waals surface area (Å²) in [6.45, 7) is 6.82. The number of fused-ring (bicyclic) bond motifs is 1. The predicted octanol–water partition coefficient (Wildman–Crippen LogP) is 4.67. The molecule has 17 heavy (non-hydrogen) atoms. The van der Waals surface area contributed by atoms with Crippen molar-refractivity contribution in [3.05, 3.63) is 45.5 Å². The lowest BCUT2D eigenvalue weighted by molar-refractivity contribution is 1.67. The van der Waals surface area contributed by atoms with Gasteiger partial charge >= 0.3 is 0 Å². The van der Waals surface area contributed by atoms with Crippen LogP contribution in [0.15, 0.2) is 36.4 Å². The van der Waals surface area contributed by atoms with Gasteiger partial charge in [0.25, 0.3) is 0 Å². The third-order valence-electron chi connectivity index (χ3n) is 2.43. The van der Waals surface area contributed by atoms with Gasteiger partial charge in [-0.2, -0.15) is 0 Å². The molecule has 2 heteroatoms. The molecule has 0 unspecified atom stereocenters. The van der Waals surface area contributed by atoms with Crippen LogP contribution in [-0.2, 0) is 0 Å². The van der Waals surface area contributed by atoms with Crippen LogP contribution < -0.4 is 0 Å². The first kappa shape index (κ1) is 12.7. The number of hydrogen-bond donors (Lipinski definition) is 0. The summed E-state index contributed by atoms with van der Waals surface area (Å²) in [5.74, 6) is 3.38. The Balaban J connectivity index is 2.65. The first-order valence-electron chi connectivity index (χ1n) is 5.68. The topological polar surface area (TPSA) is 0 Å². The Morgan fingerprint density at radius 3 is 2.29 bits per heavy atom. The van der Waals surface area contributed by atoms with Gasteiger partial charge in [0.15, 0.2) is 0 Å². The third kappa shape index (κ3) is 3.11. The van der Waals surface area contributed by atoms with E-state index in [0.29, 0.717) is 0 Å². The SMILES string of the molecule is C[Si](C)(C)C#Cc1cccc2cccc(I)c12. The quantitative estimate of drug-likeness (QED) is 0.368. The largest absolute Gasteiger partial charge is 0.129 e. The predicted molar refractivity (Wildman–Crippen MR) is 86.9 cm³/mol. The van der Waals surface area contributed by atoms with Crippen LogP contribution in [0.4, 0.5) is 0 Å². The van der Waals surface area contributed by atoms with Gasteiger partial charge in [-0.3, -0.25) is 0 Å². The molecule has 0 N–H and O–H groups in total. The van der Waals surface area contributed by atoms with E-state index in [-0.39, 0.29) is 0 Å². The maximum atomic E-state index is 3.44. The highest BCUT2D eigenvalue weighted by Gasteiger charge is 2.08. The van der Waals surface area contributed by atoms with Crippen LogP contribution in [0.3, 0.4) is 0 Å². The first-order valence-corrected chi connectivity index (χ1v) is 10.3. The lowest BCUT2D eigenvalue weighted by atomic mass is 10.1. The summed E-state index contributed by atoms with van der Waals surface area (Å²) in [5.41, 5.74) is 4.61. The zero-order chi connectivity index (χ0) is 12.5. The second kappa shape index (κ2) is 4.83. The lowest BCUT2D eigenvalue weighted by Crippen LogP contribution is -2.16. The molecule has 0 saturated heterocycles.